The number of carbonyl (C=O) groups is 1. The number of rotatable bonds is 2. The van der Waals surface area contributed by atoms with Gasteiger partial charge in [0.2, 0.25) is 0 Å². The summed E-state index contributed by atoms with van der Waals surface area (Å²) in [5, 5.41) is 0.660. The summed E-state index contributed by atoms with van der Waals surface area (Å²) in [5.74, 6) is -0.379. The Balaban J connectivity index is 1.25. The van der Waals surface area contributed by atoms with Gasteiger partial charge in [-0.15, -0.1) is 0 Å². The number of pyridine rings is 1. The van der Waals surface area contributed by atoms with Crippen LogP contribution in [0.2, 0.25) is 0 Å². The normalized spacial score (nSPS) is 17.8. The number of amides is 1. The van der Waals surface area contributed by atoms with Gasteiger partial charge >= 0.3 is 0 Å². The molecular weight excluding hydrogens is 353 g/mol. The van der Waals surface area contributed by atoms with E-state index < -0.39 is 0 Å². The molecule has 0 spiro atoms. The van der Waals surface area contributed by atoms with Crippen molar-refractivity contribution in [2.75, 3.05) is 26.2 Å². The molecule has 142 valence electrons. The van der Waals surface area contributed by atoms with E-state index >= 15 is 0 Å². The highest BCUT2D eigenvalue weighted by Crippen LogP contribution is 2.26. The van der Waals surface area contributed by atoms with Gasteiger partial charge in [0.25, 0.3) is 5.91 Å². The standard InChI is InChI=1S/C23H22FN3O/c24-21-7-3-6-18-12-19(15-25-22(18)21)23(28)27-10-8-26(9-11-27)20-13-16-4-1-2-5-17(16)14-20/h1-7,12,15,20H,8-11,13-14H2. The van der Waals surface area contributed by atoms with Gasteiger partial charge in [-0.3, -0.25) is 14.7 Å². The van der Waals surface area contributed by atoms with Crippen LogP contribution < -0.4 is 0 Å². The molecule has 4 nitrogen and oxygen atoms in total. The number of halogens is 1. The average molecular weight is 375 g/mol. The fourth-order valence-corrected chi connectivity index (χ4v) is 4.51. The molecular formula is C23H22FN3O. The van der Waals surface area contributed by atoms with Crippen LogP contribution in [0, 0.1) is 5.82 Å². The van der Waals surface area contributed by atoms with Gasteiger partial charge in [0.05, 0.1) is 5.56 Å². The Hall–Kier alpha value is -2.79. The van der Waals surface area contributed by atoms with Gasteiger partial charge in [0.1, 0.15) is 11.3 Å². The molecule has 0 bridgehead atoms. The highest BCUT2D eigenvalue weighted by atomic mass is 19.1. The molecule has 1 aliphatic heterocycles. The second-order valence-corrected chi connectivity index (χ2v) is 7.69. The lowest BCUT2D eigenvalue weighted by molar-refractivity contribution is 0.0576. The van der Waals surface area contributed by atoms with E-state index in [0.717, 1.165) is 25.9 Å². The van der Waals surface area contributed by atoms with E-state index in [1.807, 2.05) is 4.90 Å². The third kappa shape index (κ3) is 3.06. The molecule has 1 fully saturated rings. The predicted octanol–water partition coefficient (Wildman–Crippen LogP) is 3.30. The zero-order valence-corrected chi connectivity index (χ0v) is 15.6. The van der Waals surface area contributed by atoms with E-state index in [2.05, 4.69) is 34.1 Å². The lowest BCUT2D eigenvalue weighted by atomic mass is 10.1. The van der Waals surface area contributed by atoms with Crippen LogP contribution in [0.3, 0.4) is 0 Å². The average Bonchev–Trinajstić information content (AvgIpc) is 3.17. The van der Waals surface area contributed by atoms with Gasteiger partial charge < -0.3 is 4.90 Å². The number of fused-ring (bicyclic) bond motifs is 2. The highest BCUT2D eigenvalue weighted by molar-refractivity contribution is 5.97. The van der Waals surface area contributed by atoms with Gasteiger partial charge in [-0.05, 0) is 36.1 Å². The summed E-state index contributed by atoms with van der Waals surface area (Å²) in [6.07, 6.45) is 3.70. The van der Waals surface area contributed by atoms with Gasteiger partial charge in [-0.1, -0.05) is 36.4 Å². The second-order valence-electron chi connectivity index (χ2n) is 7.69. The zero-order chi connectivity index (χ0) is 19.1. The fraction of sp³-hybridized carbons (Fsp3) is 0.304. The maximum Gasteiger partial charge on any atom is 0.255 e. The molecule has 1 amide bonds. The summed E-state index contributed by atoms with van der Waals surface area (Å²) in [4.78, 5) is 21.5. The van der Waals surface area contributed by atoms with Crippen LogP contribution in [0.25, 0.3) is 10.9 Å². The lowest BCUT2D eigenvalue weighted by Gasteiger charge is -2.38. The molecule has 2 heterocycles. The number of aromatic nitrogens is 1. The smallest absolute Gasteiger partial charge is 0.255 e. The van der Waals surface area contributed by atoms with Crippen molar-refractivity contribution < 1.29 is 9.18 Å². The van der Waals surface area contributed by atoms with Crippen molar-refractivity contribution in [3.05, 3.63) is 77.2 Å². The molecule has 1 aliphatic carbocycles. The Morgan fingerprint density at radius 1 is 0.964 bits per heavy atom. The second kappa shape index (κ2) is 6.99. The fourth-order valence-electron chi connectivity index (χ4n) is 4.51. The van der Waals surface area contributed by atoms with E-state index in [1.165, 1.54) is 23.4 Å². The highest BCUT2D eigenvalue weighted by Gasteiger charge is 2.30. The lowest BCUT2D eigenvalue weighted by Crippen LogP contribution is -2.52. The van der Waals surface area contributed by atoms with Crippen molar-refractivity contribution in [3.8, 4) is 0 Å². The Bertz CT molecular complexity index is 1020. The van der Waals surface area contributed by atoms with Crippen molar-refractivity contribution in [2.24, 2.45) is 0 Å². The van der Waals surface area contributed by atoms with Crippen LogP contribution in [0.1, 0.15) is 21.5 Å². The molecule has 0 unspecified atom stereocenters. The summed E-state index contributed by atoms with van der Waals surface area (Å²) < 4.78 is 13.8. The molecule has 2 aliphatic rings. The first-order valence-electron chi connectivity index (χ1n) is 9.83. The Morgan fingerprint density at radius 2 is 1.68 bits per heavy atom. The van der Waals surface area contributed by atoms with Crippen LogP contribution in [0.4, 0.5) is 4.39 Å². The molecule has 3 aromatic rings. The van der Waals surface area contributed by atoms with E-state index in [4.69, 9.17) is 0 Å². The predicted molar refractivity (Wildman–Crippen MR) is 107 cm³/mol. The van der Waals surface area contributed by atoms with Gasteiger partial charge in [0, 0.05) is 43.8 Å². The molecule has 0 atom stereocenters. The number of hydrogen-bond donors (Lipinski definition) is 0. The first kappa shape index (κ1) is 17.3. The zero-order valence-electron chi connectivity index (χ0n) is 15.6. The quantitative estimate of drug-likeness (QED) is 0.690. The Labute approximate surface area is 163 Å². The molecule has 2 aromatic carbocycles. The third-order valence-corrected chi connectivity index (χ3v) is 6.06. The minimum Gasteiger partial charge on any atom is -0.336 e. The molecule has 1 saturated heterocycles. The largest absolute Gasteiger partial charge is 0.336 e. The minimum absolute atomic E-state index is 0.0204. The maximum atomic E-state index is 13.8. The maximum absolute atomic E-state index is 13.8. The van der Waals surface area contributed by atoms with Crippen LogP contribution >= 0.6 is 0 Å². The summed E-state index contributed by atoms with van der Waals surface area (Å²) in [6, 6.07) is 15.8. The summed E-state index contributed by atoms with van der Waals surface area (Å²) >= 11 is 0. The van der Waals surface area contributed by atoms with E-state index in [1.54, 1.807) is 18.2 Å². The van der Waals surface area contributed by atoms with E-state index in [0.29, 0.717) is 35.6 Å². The van der Waals surface area contributed by atoms with Gasteiger partial charge in [-0.2, -0.15) is 0 Å². The summed E-state index contributed by atoms with van der Waals surface area (Å²) in [7, 11) is 0. The topological polar surface area (TPSA) is 36.4 Å². The minimum atomic E-state index is -0.359. The number of hydrogen-bond acceptors (Lipinski definition) is 3. The molecule has 5 heteroatoms. The van der Waals surface area contributed by atoms with E-state index in [-0.39, 0.29) is 11.7 Å². The Morgan fingerprint density at radius 3 is 2.39 bits per heavy atom. The monoisotopic (exact) mass is 375 g/mol. The van der Waals surface area contributed by atoms with Crippen LogP contribution in [-0.4, -0.2) is 52.9 Å². The molecule has 0 radical (unpaired) electrons. The molecule has 1 aromatic heterocycles. The summed E-state index contributed by atoms with van der Waals surface area (Å²) in [5.41, 5.74) is 3.76. The molecule has 28 heavy (non-hydrogen) atoms. The molecule has 0 N–H and O–H groups in total. The molecule has 5 rings (SSSR count). The van der Waals surface area contributed by atoms with Crippen molar-refractivity contribution >= 4 is 16.8 Å². The first-order valence-corrected chi connectivity index (χ1v) is 9.83. The van der Waals surface area contributed by atoms with Crippen LogP contribution in [-0.2, 0) is 12.8 Å². The number of para-hydroxylation sites is 1. The number of benzene rings is 2. The first-order chi connectivity index (χ1) is 13.7. The SMILES string of the molecule is O=C(c1cnc2c(F)cccc2c1)N1CCN(C2Cc3ccccc3C2)CC1. The number of nitrogens with zero attached hydrogens (tertiary/aromatic N) is 3. The van der Waals surface area contributed by atoms with Crippen molar-refractivity contribution in [1.29, 1.82) is 0 Å². The molecule has 0 saturated carbocycles. The van der Waals surface area contributed by atoms with Crippen LogP contribution in [0.5, 0.6) is 0 Å². The van der Waals surface area contributed by atoms with Crippen LogP contribution in [0.15, 0.2) is 54.7 Å². The van der Waals surface area contributed by atoms with Gasteiger partial charge in [-0.25, -0.2) is 4.39 Å². The number of piperazine rings is 1. The van der Waals surface area contributed by atoms with Crippen molar-refractivity contribution in [2.45, 2.75) is 18.9 Å². The van der Waals surface area contributed by atoms with Crippen molar-refractivity contribution in [1.82, 2.24) is 14.8 Å². The number of carbonyl (C=O) groups excluding carboxylic acids is 1. The van der Waals surface area contributed by atoms with Gasteiger partial charge in [0.15, 0.2) is 0 Å². The summed E-state index contributed by atoms with van der Waals surface area (Å²) in [6.45, 7) is 3.21. The van der Waals surface area contributed by atoms with E-state index in [9.17, 15) is 9.18 Å². The van der Waals surface area contributed by atoms with Crippen molar-refractivity contribution in [3.63, 3.8) is 0 Å². The third-order valence-electron chi connectivity index (χ3n) is 6.06. The Kier molecular flexibility index (Phi) is 4.32.